The minimum absolute atomic E-state index is 0.852. The van der Waals surface area contributed by atoms with Crippen molar-refractivity contribution in [1.82, 2.24) is 4.98 Å². The molecular formula is C9H15NO. The van der Waals surface area contributed by atoms with Crippen molar-refractivity contribution in [3.63, 3.8) is 0 Å². The minimum atomic E-state index is 0.852. The van der Waals surface area contributed by atoms with Crippen LogP contribution in [-0.4, -0.2) is 18.7 Å². The van der Waals surface area contributed by atoms with Crippen molar-refractivity contribution in [2.45, 2.75) is 19.8 Å². The molecule has 2 heteroatoms. The summed E-state index contributed by atoms with van der Waals surface area (Å²) >= 11 is 0. The first-order valence-corrected chi connectivity index (χ1v) is 3.96. The van der Waals surface area contributed by atoms with E-state index in [-0.39, 0.29) is 0 Å². The van der Waals surface area contributed by atoms with Crippen LogP contribution in [0.4, 0.5) is 0 Å². The van der Waals surface area contributed by atoms with Gasteiger partial charge in [0.25, 0.3) is 0 Å². The molecule has 1 aromatic rings. The molecule has 1 rings (SSSR count). The van der Waals surface area contributed by atoms with Crippen LogP contribution in [0.2, 0.25) is 0 Å². The predicted molar refractivity (Wildman–Crippen MR) is 45.7 cm³/mol. The zero-order valence-corrected chi connectivity index (χ0v) is 7.18. The highest BCUT2D eigenvalue weighted by Crippen LogP contribution is 2.07. The normalized spacial score (nSPS) is 10.4. The van der Waals surface area contributed by atoms with E-state index >= 15 is 0 Å². The number of nitrogens with one attached hydrogen (secondary N) is 1. The summed E-state index contributed by atoms with van der Waals surface area (Å²) in [6, 6.07) is 0. The molecule has 11 heavy (non-hydrogen) atoms. The fraction of sp³-hybridized carbons (Fsp3) is 0.556. The molecule has 0 aromatic carbocycles. The van der Waals surface area contributed by atoms with E-state index in [4.69, 9.17) is 4.74 Å². The predicted octanol–water partition coefficient (Wildman–Crippen LogP) is 1.90. The van der Waals surface area contributed by atoms with Crippen LogP contribution < -0.4 is 0 Å². The van der Waals surface area contributed by atoms with Crippen molar-refractivity contribution in [2.75, 3.05) is 13.7 Å². The molecule has 0 bridgehead atoms. The van der Waals surface area contributed by atoms with Crippen LogP contribution in [0.5, 0.6) is 0 Å². The van der Waals surface area contributed by atoms with Crippen molar-refractivity contribution < 1.29 is 4.74 Å². The lowest BCUT2D eigenvalue weighted by Gasteiger charge is -1.98. The number of hydrogen-bond acceptors (Lipinski definition) is 1. The first-order chi connectivity index (χ1) is 5.34. The SMILES string of the molecule is COCCCc1c[nH]cc1C. The second kappa shape index (κ2) is 4.19. The molecule has 0 radical (unpaired) electrons. The lowest BCUT2D eigenvalue weighted by atomic mass is 10.1. The van der Waals surface area contributed by atoms with Gasteiger partial charge in [-0.15, -0.1) is 0 Å². The molecule has 0 aliphatic heterocycles. The van der Waals surface area contributed by atoms with Gasteiger partial charge in [-0.2, -0.15) is 0 Å². The molecule has 62 valence electrons. The molecule has 0 aliphatic rings. The Morgan fingerprint density at radius 3 is 2.82 bits per heavy atom. The summed E-state index contributed by atoms with van der Waals surface area (Å²) in [6.45, 7) is 2.98. The summed E-state index contributed by atoms with van der Waals surface area (Å²) in [5.41, 5.74) is 2.75. The van der Waals surface area contributed by atoms with Crippen molar-refractivity contribution in [3.05, 3.63) is 23.5 Å². The highest BCUT2D eigenvalue weighted by atomic mass is 16.5. The van der Waals surface area contributed by atoms with E-state index in [0.29, 0.717) is 0 Å². The van der Waals surface area contributed by atoms with Crippen molar-refractivity contribution in [2.24, 2.45) is 0 Å². The van der Waals surface area contributed by atoms with E-state index in [1.807, 2.05) is 6.20 Å². The second-order valence-corrected chi connectivity index (χ2v) is 2.76. The van der Waals surface area contributed by atoms with E-state index < -0.39 is 0 Å². The second-order valence-electron chi connectivity index (χ2n) is 2.76. The molecule has 0 atom stereocenters. The minimum Gasteiger partial charge on any atom is -0.385 e. The first kappa shape index (κ1) is 8.34. The van der Waals surface area contributed by atoms with Gasteiger partial charge in [0.2, 0.25) is 0 Å². The van der Waals surface area contributed by atoms with Crippen LogP contribution in [0.15, 0.2) is 12.4 Å². The number of aryl methyl sites for hydroxylation is 2. The summed E-state index contributed by atoms with van der Waals surface area (Å²) in [6.07, 6.45) is 6.31. The monoisotopic (exact) mass is 153 g/mol. The average molecular weight is 153 g/mol. The Hall–Kier alpha value is -0.760. The first-order valence-electron chi connectivity index (χ1n) is 3.96. The molecule has 0 fully saturated rings. The quantitative estimate of drug-likeness (QED) is 0.656. The number of methoxy groups -OCH3 is 1. The van der Waals surface area contributed by atoms with E-state index in [2.05, 4.69) is 18.1 Å². The molecule has 0 unspecified atom stereocenters. The third-order valence-electron chi connectivity index (χ3n) is 1.86. The van der Waals surface area contributed by atoms with Crippen LogP contribution in [-0.2, 0) is 11.2 Å². The summed E-state index contributed by atoms with van der Waals surface area (Å²) in [5.74, 6) is 0. The van der Waals surface area contributed by atoms with Gasteiger partial charge < -0.3 is 9.72 Å². The maximum absolute atomic E-state index is 4.97. The summed E-state index contributed by atoms with van der Waals surface area (Å²) in [7, 11) is 1.74. The highest BCUT2D eigenvalue weighted by Gasteiger charge is 1.97. The van der Waals surface area contributed by atoms with Crippen LogP contribution in [0.1, 0.15) is 17.5 Å². The Morgan fingerprint density at radius 2 is 2.27 bits per heavy atom. The molecule has 0 saturated heterocycles. The third-order valence-corrected chi connectivity index (χ3v) is 1.86. The maximum Gasteiger partial charge on any atom is 0.0465 e. The smallest absolute Gasteiger partial charge is 0.0465 e. The summed E-state index contributed by atoms with van der Waals surface area (Å²) in [4.78, 5) is 3.08. The number of aromatic amines is 1. The van der Waals surface area contributed by atoms with E-state index in [0.717, 1.165) is 19.4 Å². The van der Waals surface area contributed by atoms with Gasteiger partial charge in [-0.05, 0) is 30.9 Å². The van der Waals surface area contributed by atoms with Gasteiger partial charge in [-0.3, -0.25) is 0 Å². The number of hydrogen-bond donors (Lipinski definition) is 1. The van der Waals surface area contributed by atoms with Crippen LogP contribution in [0, 0.1) is 6.92 Å². The van der Waals surface area contributed by atoms with Gasteiger partial charge in [0.15, 0.2) is 0 Å². The van der Waals surface area contributed by atoms with E-state index in [1.165, 1.54) is 11.1 Å². The van der Waals surface area contributed by atoms with Gasteiger partial charge in [-0.1, -0.05) is 0 Å². The molecule has 1 aromatic heterocycles. The standard InChI is InChI=1S/C9H15NO/c1-8-6-10-7-9(8)4-3-5-11-2/h6-7,10H,3-5H2,1-2H3. The molecule has 0 saturated carbocycles. The fourth-order valence-corrected chi connectivity index (χ4v) is 1.15. The Morgan fingerprint density at radius 1 is 1.45 bits per heavy atom. The fourth-order valence-electron chi connectivity index (χ4n) is 1.15. The summed E-state index contributed by atoms with van der Waals surface area (Å²) < 4.78 is 4.97. The van der Waals surface area contributed by atoms with E-state index in [9.17, 15) is 0 Å². The van der Waals surface area contributed by atoms with E-state index in [1.54, 1.807) is 7.11 Å². The average Bonchev–Trinajstić information content (AvgIpc) is 2.37. The lowest BCUT2D eigenvalue weighted by molar-refractivity contribution is 0.195. The van der Waals surface area contributed by atoms with Crippen LogP contribution in [0.3, 0.4) is 0 Å². The Kier molecular flexibility index (Phi) is 3.17. The molecule has 0 amide bonds. The number of rotatable bonds is 4. The van der Waals surface area contributed by atoms with Crippen LogP contribution >= 0.6 is 0 Å². The number of aromatic nitrogens is 1. The largest absolute Gasteiger partial charge is 0.385 e. The third kappa shape index (κ3) is 2.39. The molecular weight excluding hydrogens is 138 g/mol. The highest BCUT2D eigenvalue weighted by molar-refractivity contribution is 5.21. The Balaban J connectivity index is 2.32. The van der Waals surface area contributed by atoms with Crippen LogP contribution in [0.25, 0.3) is 0 Å². The molecule has 2 nitrogen and oxygen atoms in total. The van der Waals surface area contributed by atoms with Crippen molar-refractivity contribution in [3.8, 4) is 0 Å². The van der Waals surface area contributed by atoms with Crippen molar-refractivity contribution >= 4 is 0 Å². The van der Waals surface area contributed by atoms with Gasteiger partial charge in [0, 0.05) is 26.1 Å². The maximum atomic E-state index is 4.97. The van der Waals surface area contributed by atoms with Crippen molar-refractivity contribution in [1.29, 1.82) is 0 Å². The zero-order chi connectivity index (χ0) is 8.10. The molecule has 0 aliphatic carbocycles. The van der Waals surface area contributed by atoms with Gasteiger partial charge in [-0.25, -0.2) is 0 Å². The number of ether oxygens (including phenoxy) is 1. The molecule has 1 heterocycles. The topological polar surface area (TPSA) is 25.0 Å². The van der Waals surface area contributed by atoms with Gasteiger partial charge in [0.05, 0.1) is 0 Å². The Labute approximate surface area is 67.6 Å². The molecule has 0 spiro atoms. The zero-order valence-electron chi connectivity index (χ0n) is 7.18. The Bertz CT molecular complexity index is 205. The lowest BCUT2D eigenvalue weighted by Crippen LogP contribution is -1.92. The van der Waals surface area contributed by atoms with Gasteiger partial charge in [0.1, 0.15) is 0 Å². The number of H-pyrrole nitrogens is 1. The van der Waals surface area contributed by atoms with Gasteiger partial charge >= 0.3 is 0 Å². The molecule has 1 N–H and O–H groups in total. The summed E-state index contributed by atoms with van der Waals surface area (Å²) in [5, 5.41) is 0.